The Bertz CT molecular complexity index is 338. The van der Waals surface area contributed by atoms with Crippen LogP contribution >= 0.6 is 0 Å². The van der Waals surface area contributed by atoms with E-state index in [1.807, 2.05) is 6.92 Å². The number of rotatable bonds is 5. The van der Waals surface area contributed by atoms with Gasteiger partial charge < -0.3 is 4.74 Å². The van der Waals surface area contributed by atoms with E-state index in [2.05, 4.69) is 0 Å². The molecule has 1 rings (SSSR count). The summed E-state index contributed by atoms with van der Waals surface area (Å²) in [6.07, 6.45) is 0.549. The summed E-state index contributed by atoms with van der Waals surface area (Å²) in [5, 5.41) is 10.0. The van der Waals surface area contributed by atoms with E-state index in [1.165, 1.54) is 12.1 Å². The smallest absolute Gasteiger partial charge is 0.269 e. The first kappa shape index (κ1) is 15.2. The average Bonchev–Trinajstić information content (AvgIpc) is 2.31. The van der Waals surface area contributed by atoms with Gasteiger partial charge in [-0.25, -0.2) is 0 Å². The molecule has 5 heteroatoms. The summed E-state index contributed by atoms with van der Waals surface area (Å²) in [5.41, 5.74) is 0.137. The van der Waals surface area contributed by atoms with Crippen molar-refractivity contribution in [3.8, 4) is 0 Å². The van der Waals surface area contributed by atoms with Crippen LogP contribution in [-0.4, -0.2) is 23.9 Å². The Morgan fingerprint density at radius 2 is 1.94 bits per heavy atom. The molecule has 0 aliphatic heterocycles. The van der Waals surface area contributed by atoms with Crippen LogP contribution in [0.15, 0.2) is 30.3 Å². The van der Waals surface area contributed by atoms with Gasteiger partial charge >= 0.3 is 0 Å². The lowest BCUT2D eigenvalue weighted by molar-refractivity contribution is -0.384. The van der Waals surface area contributed by atoms with Gasteiger partial charge in [-0.05, 0) is 13.8 Å². The maximum Gasteiger partial charge on any atom is 0.269 e. The molecule has 0 saturated heterocycles. The molecule has 0 saturated carbocycles. The second kappa shape index (κ2) is 9.47. The maximum absolute atomic E-state index is 10.2. The highest BCUT2D eigenvalue weighted by Gasteiger charge is 1.98. The minimum Gasteiger partial charge on any atom is -0.381 e. The molecule has 0 bridgehead atoms. The van der Waals surface area contributed by atoms with Gasteiger partial charge in [0.15, 0.2) is 0 Å². The third-order valence-corrected chi connectivity index (χ3v) is 1.77. The van der Waals surface area contributed by atoms with Crippen LogP contribution < -0.4 is 0 Å². The van der Waals surface area contributed by atoms with Crippen molar-refractivity contribution in [2.75, 3.05) is 13.2 Å². The molecule has 0 heterocycles. The van der Waals surface area contributed by atoms with Crippen LogP contribution in [0.2, 0.25) is 0 Å². The van der Waals surface area contributed by atoms with E-state index in [1.54, 1.807) is 25.1 Å². The average molecular weight is 239 g/mol. The van der Waals surface area contributed by atoms with Gasteiger partial charge in [0, 0.05) is 25.2 Å². The number of para-hydroxylation sites is 1. The summed E-state index contributed by atoms with van der Waals surface area (Å²) in [5.74, 6) is 0.193. The highest BCUT2D eigenvalue weighted by atomic mass is 16.6. The highest BCUT2D eigenvalue weighted by Crippen LogP contribution is 2.06. The molecule has 0 amide bonds. The van der Waals surface area contributed by atoms with E-state index >= 15 is 0 Å². The first-order chi connectivity index (χ1) is 8.07. The maximum atomic E-state index is 10.2. The zero-order valence-corrected chi connectivity index (χ0v) is 10.1. The number of benzene rings is 1. The predicted molar refractivity (Wildman–Crippen MR) is 64.9 cm³/mol. The molecule has 0 aromatic heterocycles. The molecule has 0 N–H and O–H groups in total. The van der Waals surface area contributed by atoms with Crippen LogP contribution in [0, 0.1) is 10.1 Å². The second-order valence-corrected chi connectivity index (χ2v) is 3.24. The van der Waals surface area contributed by atoms with Crippen molar-refractivity contribution in [2.45, 2.75) is 20.3 Å². The Labute approximate surface area is 101 Å². The first-order valence-corrected chi connectivity index (χ1v) is 5.34. The van der Waals surface area contributed by atoms with Gasteiger partial charge in [0.25, 0.3) is 5.69 Å². The standard InChI is InChI=1S/C6H5NO2.C6H12O2/c8-7(9)6-4-2-1-3-5-6;1-3-8-5-4-6(2)7/h1-5H;3-5H2,1-2H3. The van der Waals surface area contributed by atoms with Crippen LogP contribution in [0.1, 0.15) is 20.3 Å². The molecule has 0 fully saturated rings. The highest BCUT2D eigenvalue weighted by molar-refractivity contribution is 5.75. The van der Waals surface area contributed by atoms with Gasteiger partial charge in [-0.15, -0.1) is 0 Å². The van der Waals surface area contributed by atoms with E-state index in [4.69, 9.17) is 4.74 Å². The lowest BCUT2D eigenvalue weighted by Gasteiger charge is -1.94. The zero-order chi connectivity index (χ0) is 13.1. The molecule has 0 spiro atoms. The lowest BCUT2D eigenvalue weighted by atomic mass is 10.3. The molecular weight excluding hydrogens is 222 g/mol. The van der Waals surface area contributed by atoms with Crippen LogP contribution in [0.25, 0.3) is 0 Å². The third kappa shape index (κ3) is 9.19. The fraction of sp³-hybridized carbons (Fsp3) is 0.417. The quantitative estimate of drug-likeness (QED) is 0.450. The Morgan fingerprint density at radius 1 is 1.35 bits per heavy atom. The van der Waals surface area contributed by atoms with Crippen molar-refractivity contribution in [2.24, 2.45) is 0 Å². The summed E-state index contributed by atoms with van der Waals surface area (Å²) in [6.45, 7) is 4.76. The normalized spacial score (nSPS) is 9.06. The van der Waals surface area contributed by atoms with Crippen LogP contribution in [0.3, 0.4) is 0 Å². The minimum atomic E-state index is -0.417. The van der Waals surface area contributed by atoms with Crippen molar-refractivity contribution < 1.29 is 14.5 Å². The number of Topliss-reactive ketones (excluding diaryl/α,β-unsaturated/α-hetero) is 1. The monoisotopic (exact) mass is 239 g/mol. The van der Waals surface area contributed by atoms with Crippen molar-refractivity contribution in [1.29, 1.82) is 0 Å². The van der Waals surface area contributed by atoms with Gasteiger partial charge in [0.2, 0.25) is 0 Å². The van der Waals surface area contributed by atoms with Crippen LogP contribution in [0.4, 0.5) is 5.69 Å². The Balaban J connectivity index is 0.000000304. The topological polar surface area (TPSA) is 69.4 Å². The first-order valence-electron chi connectivity index (χ1n) is 5.34. The molecule has 0 radical (unpaired) electrons. The number of hydrogen-bond donors (Lipinski definition) is 0. The number of nitrogens with zero attached hydrogens (tertiary/aromatic N) is 1. The number of ether oxygens (including phenoxy) is 1. The van der Waals surface area contributed by atoms with Gasteiger partial charge in [0.05, 0.1) is 11.5 Å². The SMILES string of the molecule is CCOCCC(C)=O.O=[N+]([O-])c1ccccc1. The molecular formula is C12H17NO4. The fourth-order valence-corrected chi connectivity index (χ4v) is 0.910. The number of nitro benzene ring substituents is 1. The van der Waals surface area contributed by atoms with E-state index in [0.29, 0.717) is 19.6 Å². The molecule has 0 unspecified atom stereocenters. The van der Waals surface area contributed by atoms with Crippen LogP contribution in [-0.2, 0) is 9.53 Å². The lowest BCUT2D eigenvalue weighted by Crippen LogP contribution is -1.98. The fourth-order valence-electron chi connectivity index (χ4n) is 0.910. The summed E-state index contributed by atoms with van der Waals surface area (Å²) in [6, 6.07) is 7.93. The second-order valence-electron chi connectivity index (χ2n) is 3.24. The Kier molecular flexibility index (Phi) is 8.50. The predicted octanol–water partition coefficient (Wildman–Crippen LogP) is 2.60. The van der Waals surface area contributed by atoms with Crippen molar-refractivity contribution in [3.05, 3.63) is 40.4 Å². The zero-order valence-electron chi connectivity index (χ0n) is 10.1. The van der Waals surface area contributed by atoms with Gasteiger partial charge in [-0.1, -0.05) is 18.2 Å². The van der Waals surface area contributed by atoms with Gasteiger partial charge in [0.1, 0.15) is 5.78 Å². The minimum absolute atomic E-state index is 0.137. The number of carbonyl (C=O) groups excluding carboxylic acids is 1. The summed E-state index contributed by atoms with van der Waals surface area (Å²) in [7, 11) is 0. The molecule has 0 atom stereocenters. The Morgan fingerprint density at radius 3 is 2.29 bits per heavy atom. The molecule has 5 nitrogen and oxygen atoms in total. The Hall–Kier alpha value is -1.75. The molecule has 0 aliphatic rings. The third-order valence-electron chi connectivity index (χ3n) is 1.77. The summed E-state index contributed by atoms with van der Waals surface area (Å²) < 4.78 is 4.92. The number of carbonyl (C=O) groups is 1. The van der Waals surface area contributed by atoms with E-state index in [-0.39, 0.29) is 11.5 Å². The number of ketones is 1. The molecule has 1 aromatic rings. The van der Waals surface area contributed by atoms with Gasteiger partial charge in [-0.3, -0.25) is 14.9 Å². The van der Waals surface area contributed by atoms with Crippen molar-refractivity contribution >= 4 is 11.5 Å². The molecule has 1 aromatic carbocycles. The summed E-state index contributed by atoms with van der Waals surface area (Å²) in [4.78, 5) is 19.8. The van der Waals surface area contributed by atoms with Crippen LogP contribution in [0.5, 0.6) is 0 Å². The largest absolute Gasteiger partial charge is 0.381 e. The molecule has 94 valence electrons. The van der Waals surface area contributed by atoms with Crippen molar-refractivity contribution in [1.82, 2.24) is 0 Å². The molecule has 0 aliphatic carbocycles. The summed E-state index contributed by atoms with van der Waals surface area (Å²) >= 11 is 0. The molecule has 17 heavy (non-hydrogen) atoms. The number of hydrogen-bond acceptors (Lipinski definition) is 4. The number of nitro groups is 1. The van der Waals surface area contributed by atoms with E-state index in [0.717, 1.165) is 0 Å². The van der Waals surface area contributed by atoms with Crippen molar-refractivity contribution in [3.63, 3.8) is 0 Å². The van der Waals surface area contributed by atoms with E-state index < -0.39 is 4.92 Å². The number of non-ortho nitro benzene ring substituents is 1. The van der Waals surface area contributed by atoms with E-state index in [9.17, 15) is 14.9 Å². The van der Waals surface area contributed by atoms with Gasteiger partial charge in [-0.2, -0.15) is 0 Å².